The number of likely N-dealkylation sites (N-methyl/N-ethyl adjacent to an activating group) is 1. The van der Waals surface area contributed by atoms with Crippen molar-refractivity contribution in [3.8, 4) is 5.75 Å². The average molecular weight is 690 g/mol. The molecule has 1 N–H and O–H groups in total. The second-order valence-electron chi connectivity index (χ2n) is 12.4. The van der Waals surface area contributed by atoms with Gasteiger partial charge in [-0.1, -0.05) is 71.1 Å². The first kappa shape index (κ1) is 42.1. The van der Waals surface area contributed by atoms with Crippen LogP contribution >= 0.6 is 7.82 Å². The summed E-state index contributed by atoms with van der Waals surface area (Å²) in [4.78, 5) is 57.2. The maximum atomic E-state index is 12.5. The molecule has 0 heterocycles. The molecule has 268 valence electrons. The topological polar surface area (TPSA) is 178 Å². The van der Waals surface area contributed by atoms with Crippen LogP contribution in [0.15, 0.2) is 24.3 Å². The number of phosphoric acid groups is 1. The summed E-state index contributed by atoms with van der Waals surface area (Å²) in [5, 5.41) is 10.8. The number of nitro benzene ring substituents is 1. The smallest absolute Gasteiger partial charge is 0.462 e. The van der Waals surface area contributed by atoms with Gasteiger partial charge in [0.05, 0.1) is 45.5 Å². The number of carbonyl (C=O) groups is 3. The van der Waals surface area contributed by atoms with Gasteiger partial charge in [-0.3, -0.25) is 33.5 Å². The fourth-order valence-electron chi connectivity index (χ4n) is 4.22. The van der Waals surface area contributed by atoms with Crippen molar-refractivity contribution in [3.05, 3.63) is 34.4 Å². The van der Waals surface area contributed by atoms with Crippen LogP contribution in [0.4, 0.5) is 5.69 Å². The number of hydrogen-bond acceptors (Lipinski definition) is 11. The number of ether oxygens (including phenoxy) is 3. The van der Waals surface area contributed by atoms with Gasteiger partial charge in [0.1, 0.15) is 25.5 Å². The Labute approximate surface area is 278 Å². The number of benzene rings is 1. The molecule has 15 heteroatoms. The lowest BCUT2D eigenvalue weighted by molar-refractivity contribution is -0.870. The number of quaternary nitrogens is 1. The monoisotopic (exact) mass is 689 g/mol. The standard InChI is InChI=1S/C32H53N2O12P/c1-5-6-7-8-9-10-11-12-13-14-15-16-30(35)42-25-29(26-44-47(40,41)43-24-23-34(2,3)4)46-32(37)22-21-31(36)45-28-19-17-27(18-20-28)33(38)39/h17-20,29H,5-16,21-26H2,1-4H3/p+1/t29-/m1/s1. The Morgan fingerprint density at radius 2 is 1.36 bits per heavy atom. The summed E-state index contributed by atoms with van der Waals surface area (Å²) < 4.78 is 38.5. The minimum atomic E-state index is -4.50. The lowest BCUT2D eigenvalue weighted by atomic mass is 10.1. The molecule has 0 fully saturated rings. The molecule has 0 amide bonds. The number of nitro groups is 1. The van der Waals surface area contributed by atoms with E-state index >= 15 is 0 Å². The first-order valence-electron chi connectivity index (χ1n) is 16.4. The number of phosphoric ester groups is 1. The Morgan fingerprint density at radius 3 is 1.91 bits per heavy atom. The molecular formula is C32H54N2O12P+. The molecule has 0 aliphatic heterocycles. The SMILES string of the molecule is CCCCCCCCCCCCCC(=O)OC[C@H](COP(=O)(O)OCC[N+](C)(C)C)OC(=O)CCC(=O)Oc1ccc([N+](=O)[O-])cc1. The van der Waals surface area contributed by atoms with E-state index in [0.717, 1.165) is 19.3 Å². The van der Waals surface area contributed by atoms with Crippen LogP contribution in [0.25, 0.3) is 0 Å². The van der Waals surface area contributed by atoms with Crippen LogP contribution in [0.3, 0.4) is 0 Å². The molecule has 1 rings (SSSR count). The van der Waals surface area contributed by atoms with E-state index in [1.807, 2.05) is 21.1 Å². The highest BCUT2D eigenvalue weighted by Gasteiger charge is 2.27. The number of unbranched alkanes of at least 4 members (excludes halogenated alkanes) is 10. The van der Waals surface area contributed by atoms with Gasteiger partial charge in [-0.2, -0.15) is 0 Å². The first-order valence-corrected chi connectivity index (χ1v) is 17.9. The highest BCUT2D eigenvalue weighted by atomic mass is 31.2. The van der Waals surface area contributed by atoms with E-state index in [2.05, 4.69) is 6.92 Å². The molecule has 1 unspecified atom stereocenters. The highest BCUT2D eigenvalue weighted by Crippen LogP contribution is 2.43. The van der Waals surface area contributed by atoms with Crippen molar-refractivity contribution in [2.45, 2.75) is 103 Å². The van der Waals surface area contributed by atoms with E-state index in [0.29, 0.717) is 17.4 Å². The predicted molar refractivity (Wildman–Crippen MR) is 175 cm³/mol. The molecule has 14 nitrogen and oxygen atoms in total. The van der Waals surface area contributed by atoms with Crippen molar-refractivity contribution in [1.29, 1.82) is 0 Å². The van der Waals surface area contributed by atoms with Crippen LogP contribution in [0, 0.1) is 10.1 Å². The minimum Gasteiger partial charge on any atom is -0.462 e. The normalized spacial score (nSPS) is 13.4. The van der Waals surface area contributed by atoms with Crippen molar-refractivity contribution < 1.29 is 56.5 Å². The van der Waals surface area contributed by atoms with Gasteiger partial charge in [-0.05, 0) is 18.6 Å². The summed E-state index contributed by atoms with van der Waals surface area (Å²) >= 11 is 0. The Morgan fingerprint density at radius 1 is 0.809 bits per heavy atom. The lowest BCUT2D eigenvalue weighted by Gasteiger charge is -2.24. The number of non-ortho nitro benzene ring substituents is 1. The van der Waals surface area contributed by atoms with E-state index in [1.54, 1.807) is 0 Å². The van der Waals surface area contributed by atoms with Gasteiger partial charge in [0.25, 0.3) is 5.69 Å². The van der Waals surface area contributed by atoms with E-state index in [4.69, 9.17) is 23.3 Å². The number of hydrogen-bond donors (Lipinski definition) is 1. The summed E-state index contributed by atoms with van der Waals surface area (Å²) in [5.41, 5.74) is -0.174. The Bertz CT molecular complexity index is 1120. The third-order valence-electron chi connectivity index (χ3n) is 6.97. The van der Waals surface area contributed by atoms with Crippen molar-refractivity contribution in [1.82, 2.24) is 0 Å². The molecule has 1 aromatic rings. The third kappa shape index (κ3) is 23.1. The Kier molecular flexibility index (Phi) is 21.0. The molecule has 2 atom stereocenters. The lowest BCUT2D eigenvalue weighted by Crippen LogP contribution is -2.37. The van der Waals surface area contributed by atoms with Gasteiger partial charge >= 0.3 is 25.7 Å². The van der Waals surface area contributed by atoms with Gasteiger partial charge in [0.2, 0.25) is 0 Å². The molecule has 0 saturated carbocycles. The average Bonchev–Trinajstić information content (AvgIpc) is 2.99. The molecule has 0 spiro atoms. The summed E-state index contributed by atoms with van der Waals surface area (Å²) in [6.07, 6.45) is 10.7. The molecule has 1 aromatic carbocycles. The van der Waals surface area contributed by atoms with Crippen LogP contribution in [-0.4, -0.2) is 85.8 Å². The van der Waals surface area contributed by atoms with Gasteiger partial charge in [-0.25, -0.2) is 4.57 Å². The Hall–Kier alpha value is -2.90. The first-order chi connectivity index (χ1) is 22.2. The van der Waals surface area contributed by atoms with Crippen molar-refractivity contribution in [3.63, 3.8) is 0 Å². The number of rotatable bonds is 27. The fraction of sp³-hybridized carbons (Fsp3) is 0.719. The molecule has 0 radical (unpaired) electrons. The van der Waals surface area contributed by atoms with Crippen molar-refractivity contribution in [2.75, 3.05) is 47.5 Å². The van der Waals surface area contributed by atoms with E-state index in [-0.39, 0.29) is 30.9 Å². The van der Waals surface area contributed by atoms with Gasteiger partial charge in [-0.15, -0.1) is 0 Å². The minimum absolute atomic E-state index is 0.0629. The molecule has 47 heavy (non-hydrogen) atoms. The van der Waals surface area contributed by atoms with E-state index < -0.39 is 56.4 Å². The number of carbonyl (C=O) groups excluding carboxylic acids is 3. The fourth-order valence-corrected chi connectivity index (χ4v) is 4.96. The molecular weight excluding hydrogens is 635 g/mol. The summed E-state index contributed by atoms with van der Waals surface area (Å²) in [7, 11) is 1.15. The Balaban J connectivity index is 2.53. The van der Waals surface area contributed by atoms with Crippen molar-refractivity contribution in [2.24, 2.45) is 0 Å². The summed E-state index contributed by atoms with van der Waals surface area (Å²) in [5.74, 6) is -2.08. The quantitative estimate of drug-likeness (QED) is 0.0208. The van der Waals surface area contributed by atoms with Crippen LogP contribution < -0.4 is 4.74 Å². The van der Waals surface area contributed by atoms with Crippen LogP contribution in [-0.2, 0) is 37.5 Å². The zero-order valence-corrected chi connectivity index (χ0v) is 29.3. The van der Waals surface area contributed by atoms with E-state index in [9.17, 15) is 34.0 Å². The van der Waals surface area contributed by atoms with E-state index in [1.165, 1.54) is 69.2 Å². The second kappa shape index (κ2) is 23.4. The van der Waals surface area contributed by atoms with Gasteiger partial charge < -0.3 is 23.6 Å². The maximum Gasteiger partial charge on any atom is 0.472 e. The largest absolute Gasteiger partial charge is 0.472 e. The number of nitrogens with zero attached hydrogens (tertiary/aromatic N) is 2. The highest BCUT2D eigenvalue weighted by molar-refractivity contribution is 7.47. The van der Waals surface area contributed by atoms with Gasteiger partial charge in [0, 0.05) is 18.6 Å². The van der Waals surface area contributed by atoms with Crippen LogP contribution in [0.2, 0.25) is 0 Å². The molecule has 0 aliphatic carbocycles. The molecule has 0 aliphatic rings. The molecule has 0 bridgehead atoms. The predicted octanol–water partition coefficient (Wildman–Crippen LogP) is 6.28. The maximum absolute atomic E-state index is 12.5. The molecule has 0 aromatic heterocycles. The zero-order chi connectivity index (χ0) is 35.1. The zero-order valence-electron chi connectivity index (χ0n) is 28.4. The number of esters is 3. The van der Waals surface area contributed by atoms with Crippen molar-refractivity contribution >= 4 is 31.4 Å². The molecule has 0 saturated heterocycles. The summed E-state index contributed by atoms with van der Waals surface area (Å²) in [6.45, 7) is 1.56. The second-order valence-corrected chi connectivity index (χ2v) is 13.9. The van der Waals surface area contributed by atoms with Crippen LogP contribution in [0.5, 0.6) is 5.75 Å². The van der Waals surface area contributed by atoms with Crippen LogP contribution in [0.1, 0.15) is 96.8 Å². The third-order valence-corrected chi connectivity index (χ3v) is 7.95. The van der Waals surface area contributed by atoms with Gasteiger partial charge in [0.15, 0.2) is 6.10 Å². The summed E-state index contributed by atoms with van der Waals surface area (Å²) in [6, 6.07) is 4.85.